The second-order valence-corrected chi connectivity index (χ2v) is 12.4. The number of hydrogen-bond acceptors (Lipinski definition) is 2. The van der Waals surface area contributed by atoms with Crippen molar-refractivity contribution in [3.63, 3.8) is 0 Å². The van der Waals surface area contributed by atoms with Gasteiger partial charge in [-0.15, -0.1) is 0 Å². The van der Waals surface area contributed by atoms with Gasteiger partial charge in [0.2, 0.25) is 0 Å². The van der Waals surface area contributed by atoms with E-state index in [1.807, 2.05) is 21.1 Å². The van der Waals surface area contributed by atoms with Crippen LogP contribution >= 0.6 is 7.60 Å². The quantitative estimate of drug-likeness (QED) is 0.0696. The Kier molecular flexibility index (Phi) is 20.1. The molecule has 5 heteroatoms. The molecule has 0 saturated heterocycles. The van der Waals surface area contributed by atoms with E-state index in [2.05, 4.69) is 26.0 Å². The molecule has 0 aliphatic rings. The third-order valence-electron chi connectivity index (χ3n) is 6.26. The average Bonchev–Trinajstić information content (AvgIpc) is 2.72. The summed E-state index contributed by atoms with van der Waals surface area (Å²) in [4.78, 5) is 10.4. The maximum Gasteiger partial charge on any atom is 0.385 e. The first-order valence-corrected chi connectivity index (χ1v) is 15.3. The number of allylic oxidation sites excluding steroid dienone is 2. The second kappa shape index (κ2) is 20.2. The first kappa shape index (κ1) is 31.9. The molecule has 2 atom stereocenters. The zero-order chi connectivity index (χ0) is 24.1. The molecule has 0 radical (unpaired) electrons. The molecule has 192 valence electrons. The van der Waals surface area contributed by atoms with Gasteiger partial charge in [-0.05, 0) is 32.1 Å². The molecule has 0 aliphatic heterocycles. The van der Waals surface area contributed by atoms with Gasteiger partial charge in [-0.1, -0.05) is 103 Å². The van der Waals surface area contributed by atoms with Crippen molar-refractivity contribution in [2.45, 2.75) is 135 Å². The SMILES string of the molecule is CC/C=C\CCCCCCCCCCCCCCCCOP(=O)(O)C(CCC)[N+](C)(C)C. The minimum absolute atomic E-state index is 0.333. The van der Waals surface area contributed by atoms with Crippen molar-refractivity contribution >= 4 is 7.60 Å². The number of quaternary nitrogens is 1. The van der Waals surface area contributed by atoms with E-state index >= 15 is 0 Å². The molecule has 1 N–H and O–H groups in total. The monoisotopic (exact) mass is 474 g/mol. The van der Waals surface area contributed by atoms with Crippen LogP contribution in [0.25, 0.3) is 0 Å². The van der Waals surface area contributed by atoms with E-state index in [0.29, 0.717) is 17.5 Å². The lowest BCUT2D eigenvalue weighted by Gasteiger charge is -2.35. The molecular weight excluding hydrogens is 417 g/mol. The van der Waals surface area contributed by atoms with E-state index in [1.54, 1.807) is 0 Å². The summed E-state index contributed by atoms with van der Waals surface area (Å²) in [6.45, 7) is 4.66. The fourth-order valence-corrected chi connectivity index (χ4v) is 6.32. The summed E-state index contributed by atoms with van der Waals surface area (Å²) in [5.41, 5.74) is 0. The molecule has 0 fully saturated rings. The van der Waals surface area contributed by atoms with Crippen LogP contribution in [0.2, 0.25) is 0 Å². The largest absolute Gasteiger partial charge is 0.385 e. The number of unbranched alkanes of at least 4 members (excludes halogenated alkanes) is 14. The predicted molar refractivity (Wildman–Crippen MR) is 141 cm³/mol. The van der Waals surface area contributed by atoms with E-state index in [-0.39, 0.29) is 5.78 Å². The highest BCUT2D eigenvalue weighted by Gasteiger charge is 2.41. The first-order valence-electron chi connectivity index (χ1n) is 13.7. The zero-order valence-corrected chi connectivity index (χ0v) is 23.2. The molecular formula is C27H57NO3P+. The van der Waals surface area contributed by atoms with Crippen molar-refractivity contribution in [2.24, 2.45) is 0 Å². The highest BCUT2D eigenvalue weighted by atomic mass is 31.2. The minimum Gasteiger partial charge on any atom is -0.320 e. The van der Waals surface area contributed by atoms with Crippen molar-refractivity contribution in [3.8, 4) is 0 Å². The van der Waals surface area contributed by atoms with Crippen LogP contribution in [0.5, 0.6) is 0 Å². The topological polar surface area (TPSA) is 46.5 Å². The van der Waals surface area contributed by atoms with Gasteiger partial charge in [0.15, 0.2) is 5.78 Å². The molecule has 32 heavy (non-hydrogen) atoms. The lowest BCUT2D eigenvalue weighted by atomic mass is 10.0. The summed E-state index contributed by atoms with van der Waals surface area (Å²) in [7, 11) is 2.36. The van der Waals surface area contributed by atoms with Gasteiger partial charge in [0.1, 0.15) is 0 Å². The van der Waals surface area contributed by atoms with Crippen LogP contribution < -0.4 is 0 Å². The van der Waals surface area contributed by atoms with Crippen LogP contribution in [-0.2, 0) is 9.09 Å². The van der Waals surface area contributed by atoms with Gasteiger partial charge in [0.05, 0.1) is 27.7 Å². The van der Waals surface area contributed by atoms with Crippen molar-refractivity contribution in [1.29, 1.82) is 0 Å². The van der Waals surface area contributed by atoms with Crippen LogP contribution in [0, 0.1) is 0 Å². The van der Waals surface area contributed by atoms with E-state index in [1.165, 1.54) is 89.9 Å². The lowest BCUT2D eigenvalue weighted by Crippen LogP contribution is -2.45. The standard InChI is InChI=1S/C27H56NO3P/c1-6-8-9-10-11-12-13-14-15-16-17-18-19-20-21-22-23-24-26-31-32(29,30)27(25-7-2)28(3,4)5/h8-9,27H,6-7,10-26H2,1-5H3/p+1/b9-8-. The second-order valence-electron chi connectivity index (χ2n) is 10.4. The summed E-state index contributed by atoms with van der Waals surface area (Å²) >= 11 is 0. The summed E-state index contributed by atoms with van der Waals surface area (Å²) in [5, 5.41) is 0. The number of rotatable bonds is 23. The fourth-order valence-electron chi connectivity index (χ4n) is 4.30. The van der Waals surface area contributed by atoms with E-state index < -0.39 is 7.60 Å². The Labute approximate surface area is 201 Å². The van der Waals surface area contributed by atoms with Crippen LogP contribution in [0.4, 0.5) is 0 Å². The van der Waals surface area contributed by atoms with Gasteiger partial charge in [-0.2, -0.15) is 0 Å². The highest BCUT2D eigenvalue weighted by Crippen LogP contribution is 2.51. The van der Waals surface area contributed by atoms with Gasteiger partial charge >= 0.3 is 7.60 Å². The number of hydrogen-bond donors (Lipinski definition) is 1. The molecule has 0 amide bonds. The molecule has 4 nitrogen and oxygen atoms in total. The van der Waals surface area contributed by atoms with Crippen molar-refractivity contribution in [3.05, 3.63) is 12.2 Å². The molecule has 0 rings (SSSR count). The Morgan fingerprint density at radius 3 is 1.59 bits per heavy atom. The van der Waals surface area contributed by atoms with Crippen LogP contribution in [0.3, 0.4) is 0 Å². The van der Waals surface area contributed by atoms with Gasteiger partial charge in [-0.25, -0.2) is 0 Å². The van der Waals surface area contributed by atoms with Crippen LogP contribution in [0.15, 0.2) is 12.2 Å². The van der Waals surface area contributed by atoms with Gasteiger partial charge in [-0.3, -0.25) is 4.57 Å². The van der Waals surface area contributed by atoms with E-state index in [4.69, 9.17) is 4.52 Å². The maximum atomic E-state index is 12.6. The van der Waals surface area contributed by atoms with Gasteiger partial charge in [0, 0.05) is 6.42 Å². The van der Waals surface area contributed by atoms with Crippen molar-refractivity contribution in [1.82, 2.24) is 0 Å². The molecule has 0 saturated carbocycles. The minimum atomic E-state index is -3.56. The fraction of sp³-hybridized carbons (Fsp3) is 0.926. The van der Waals surface area contributed by atoms with Crippen LogP contribution in [-0.4, -0.2) is 42.9 Å². The highest BCUT2D eigenvalue weighted by molar-refractivity contribution is 7.53. The van der Waals surface area contributed by atoms with E-state index in [9.17, 15) is 9.46 Å². The summed E-state index contributed by atoms with van der Waals surface area (Å²) in [6, 6.07) is 0. The Balaban J connectivity index is 3.49. The Bertz CT molecular complexity index is 488. The third-order valence-corrected chi connectivity index (χ3v) is 8.52. The molecule has 0 aliphatic carbocycles. The third kappa shape index (κ3) is 18.3. The molecule has 0 aromatic heterocycles. The van der Waals surface area contributed by atoms with Crippen molar-refractivity contribution in [2.75, 3.05) is 27.7 Å². The molecule has 0 aromatic carbocycles. The van der Waals surface area contributed by atoms with E-state index in [0.717, 1.165) is 19.3 Å². The zero-order valence-electron chi connectivity index (χ0n) is 22.3. The Morgan fingerprint density at radius 1 is 0.750 bits per heavy atom. The summed E-state index contributed by atoms with van der Waals surface area (Å²) in [6.07, 6.45) is 26.9. The summed E-state index contributed by atoms with van der Waals surface area (Å²) in [5.74, 6) is -0.333. The lowest BCUT2D eigenvalue weighted by molar-refractivity contribution is -0.883. The molecule has 0 aromatic rings. The van der Waals surface area contributed by atoms with Crippen LogP contribution in [0.1, 0.15) is 129 Å². The Hall–Kier alpha value is -0.150. The molecule has 0 bridgehead atoms. The average molecular weight is 475 g/mol. The molecule has 0 spiro atoms. The first-order chi connectivity index (χ1) is 15.3. The smallest absolute Gasteiger partial charge is 0.320 e. The predicted octanol–water partition coefficient (Wildman–Crippen LogP) is 8.84. The van der Waals surface area contributed by atoms with Gasteiger partial charge in [0.25, 0.3) is 0 Å². The molecule has 2 unspecified atom stereocenters. The maximum absolute atomic E-state index is 12.6. The molecule has 0 heterocycles. The Morgan fingerprint density at radius 2 is 1.19 bits per heavy atom. The number of nitrogens with zero attached hydrogens (tertiary/aromatic N) is 1. The van der Waals surface area contributed by atoms with Gasteiger partial charge < -0.3 is 13.9 Å². The summed E-state index contributed by atoms with van der Waals surface area (Å²) < 4.78 is 18.6. The van der Waals surface area contributed by atoms with Crippen molar-refractivity contribution < 1.29 is 18.5 Å². The normalized spacial score (nSPS) is 15.3.